The Balaban J connectivity index is 1.38. The second kappa shape index (κ2) is 8.32. The second-order valence-corrected chi connectivity index (χ2v) is 7.85. The zero-order valence-corrected chi connectivity index (χ0v) is 16.4. The number of hydrogen-bond donors (Lipinski definition) is 0. The standard InChI is InChI=1S/C22H26ClN3O/c23-20-7-3-5-18(15-20)19-6-4-8-21(16-19)25-11-13-26(14-12-25)22(27)17-24-9-1-2-10-24/h3-8,15-16H,1-2,9-14,17H2. The molecule has 2 saturated heterocycles. The molecule has 27 heavy (non-hydrogen) atoms. The Kier molecular flexibility index (Phi) is 5.65. The van der Waals surface area contributed by atoms with E-state index in [1.165, 1.54) is 24.1 Å². The number of likely N-dealkylation sites (tertiary alicyclic amines) is 1. The van der Waals surface area contributed by atoms with Crippen molar-refractivity contribution in [3.63, 3.8) is 0 Å². The van der Waals surface area contributed by atoms with Gasteiger partial charge in [0.05, 0.1) is 6.54 Å². The van der Waals surface area contributed by atoms with Crippen molar-refractivity contribution in [1.82, 2.24) is 9.80 Å². The summed E-state index contributed by atoms with van der Waals surface area (Å²) in [6.45, 7) is 6.09. The van der Waals surface area contributed by atoms with Gasteiger partial charge in [0.15, 0.2) is 0 Å². The first kappa shape index (κ1) is 18.3. The zero-order chi connectivity index (χ0) is 18.6. The number of nitrogens with zero attached hydrogens (tertiary/aromatic N) is 3. The number of anilines is 1. The van der Waals surface area contributed by atoms with Gasteiger partial charge < -0.3 is 9.80 Å². The smallest absolute Gasteiger partial charge is 0.236 e. The van der Waals surface area contributed by atoms with Gasteiger partial charge in [0.2, 0.25) is 5.91 Å². The molecule has 0 aromatic heterocycles. The molecule has 0 saturated carbocycles. The minimum Gasteiger partial charge on any atom is -0.368 e. The van der Waals surface area contributed by atoms with Crippen LogP contribution in [0, 0.1) is 0 Å². The minimum atomic E-state index is 0.282. The van der Waals surface area contributed by atoms with Crippen LogP contribution in [0.15, 0.2) is 48.5 Å². The van der Waals surface area contributed by atoms with Crippen molar-refractivity contribution in [2.75, 3.05) is 50.7 Å². The van der Waals surface area contributed by atoms with Gasteiger partial charge in [-0.3, -0.25) is 9.69 Å². The normalized spacial score (nSPS) is 18.1. The average molecular weight is 384 g/mol. The van der Waals surface area contributed by atoms with Crippen molar-refractivity contribution in [3.05, 3.63) is 53.6 Å². The van der Waals surface area contributed by atoms with E-state index in [1.54, 1.807) is 0 Å². The van der Waals surface area contributed by atoms with E-state index in [0.29, 0.717) is 6.54 Å². The van der Waals surface area contributed by atoms with Gasteiger partial charge >= 0.3 is 0 Å². The second-order valence-electron chi connectivity index (χ2n) is 7.41. The van der Waals surface area contributed by atoms with Crippen molar-refractivity contribution >= 4 is 23.2 Å². The Morgan fingerprint density at radius 3 is 2.22 bits per heavy atom. The van der Waals surface area contributed by atoms with E-state index in [9.17, 15) is 4.79 Å². The fourth-order valence-corrected chi connectivity index (χ4v) is 4.19. The molecule has 4 rings (SSSR count). The molecule has 1 amide bonds. The molecule has 2 aliphatic rings. The summed E-state index contributed by atoms with van der Waals surface area (Å²) in [6.07, 6.45) is 2.45. The molecule has 0 N–H and O–H groups in total. The topological polar surface area (TPSA) is 26.8 Å². The van der Waals surface area contributed by atoms with Gasteiger partial charge in [0.1, 0.15) is 0 Å². The molecule has 4 nitrogen and oxygen atoms in total. The number of rotatable bonds is 4. The van der Waals surface area contributed by atoms with Crippen LogP contribution in [0.5, 0.6) is 0 Å². The zero-order valence-electron chi connectivity index (χ0n) is 15.6. The lowest BCUT2D eigenvalue weighted by Gasteiger charge is -2.37. The van der Waals surface area contributed by atoms with E-state index in [4.69, 9.17) is 11.6 Å². The van der Waals surface area contributed by atoms with Crippen LogP contribution in [0.1, 0.15) is 12.8 Å². The lowest BCUT2D eigenvalue weighted by molar-refractivity contribution is -0.132. The lowest BCUT2D eigenvalue weighted by Crippen LogP contribution is -2.51. The highest BCUT2D eigenvalue weighted by atomic mass is 35.5. The van der Waals surface area contributed by atoms with Gasteiger partial charge in [0, 0.05) is 36.9 Å². The molecule has 2 aliphatic heterocycles. The summed E-state index contributed by atoms with van der Waals surface area (Å²) in [5, 5.41) is 0.753. The highest BCUT2D eigenvalue weighted by Gasteiger charge is 2.24. The van der Waals surface area contributed by atoms with Crippen LogP contribution >= 0.6 is 11.6 Å². The lowest BCUT2D eigenvalue weighted by atomic mass is 10.0. The summed E-state index contributed by atoms with van der Waals surface area (Å²) >= 11 is 6.14. The first-order valence-electron chi connectivity index (χ1n) is 9.80. The number of piperazine rings is 1. The summed E-state index contributed by atoms with van der Waals surface area (Å²) in [6, 6.07) is 16.5. The molecule has 2 fully saturated rings. The molecule has 5 heteroatoms. The van der Waals surface area contributed by atoms with Crippen LogP contribution in [0.4, 0.5) is 5.69 Å². The maximum atomic E-state index is 12.5. The number of halogens is 1. The van der Waals surface area contributed by atoms with E-state index < -0.39 is 0 Å². The number of benzene rings is 2. The predicted molar refractivity (Wildman–Crippen MR) is 111 cm³/mol. The summed E-state index contributed by atoms with van der Waals surface area (Å²) in [5.74, 6) is 0.282. The molecule has 0 spiro atoms. The fraction of sp³-hybridized carbons (Fsp3) is 0.409. The Morgan fingerprint density at radius 2 is 1.52 bits per heavy atom. The average Bonchev–Trinajstić information content (AvgIpc) is 3.21. The monoisotopic (exact) mass is 383 g/mol. The summed E-state index contributed by atoms with van der Waals surface area (Å²) < 4.78 is 0. The van der Waals surface area contributed by atoms with Crippen molar-refractivity contribution in [2.24, 2.45) is 0 Å². The molecule has 0 radical (unpaired) electrons. The van der Waals surface area contributed by atoms with E-state index >= 15 is 0 Å². The molecule has 0 unspecified atom stereocenters. The SMILES string of the molecule is O=C(CN1CCCC1)N1CCN(c2cccc(-c3cccc(Cl)c3)c2)CC1. The maximum absolute atomic E-state index is 12.5. The molecular formula is C22H26ClN3O. The van der Waals surface area contributed by atoms with Crippen LogP contribution in [0.2, 0.25) is 5.02 Å². The fourth-order valence-electron chi connectivity index (χ4n) is 4.00. The first-order chi connectivity index (χ1) is 13.2. The summed E-state index contributed by atoms with van der Waals surface area (Å²) in [4.78, 5) is 19.2. The van der Waals surface area contributed by atoms with Crippen molar-refractivity contribution in [2.45, 2.75) is 12.8 Å². The van der Waals surface area contributed by atoms with E-state index in [0.717, 1.165) is 49.9 Å². The Bertz CT molecular complexity index is 796. The van der Waals surface area contributed by atoms with Crippen LogP contribution in [-0.2, 0) is 4.79 Å². The third-order valence-corrected chi connectivity index (χ3v) is 5.79. The Morgan fingerprint density at radius 1 is 0.852 bits per heavy atom. The van der Waals surface area contributed by atoms with Crippen LogP contribution in [-0.4, -0.2) is 61.5 Å². The van der Waals surface area contributed by atoms with Crippen LogP contribution in [0.3, 0.4) is 0 Å². The van der Waals surface area contributed by atoms with Crippen molar-refractivity contribution < 1.29 is 4.79 Å². The molecule has 2 heterocycles. The van der Waals surface area contributed by atoms with Gasteiger partial charge in [-0.2, -0.15) is 0 Å². The largest absolute Gasteiger partial charge is 0.368 e. The molecule has 0 atom stereocenters. The van der Waals surface area contributed by atoms with E-state index in [-0.39, 0.29) is 5.91 Å². The van der Waals surface area contributed by atoms with Gasteiger partial charge in [-0.1, -0.05) is 35.9 Å². The maximum Gasteiger partial charge on any atom is 0.236 e. The number of amides is 1. The Labute approximate surface area is 166 Å². The molecule has 0 aliphatic carbocycles. The van der Waals surface area contributed by atoms with Crippen LogP contribution in [0.25, 0.3) is 11.1 Å². The number of carbonyl (C=O) groups is 1. The molecule has 2 aromatic carbocycles. The van der Waals surface area contributed by atoms with Gasteiger partial charge in [-0.15, -0.1) is 0 Å². The molecular weight excluding hydrogens is 358 g/mol. The van der Waals surface area contributed by atoms with E-state index in [1.807, 2.05) is 23.1 Å². The third-order valence-electron chi connectivity index (χ3n) is 5.56. The molecule has 142 valence electrons. The Hall–Kier alpha value is -2.04. The number of hydrogen-bond acceptors (Lipinski definition) is 3. The van der Waals surface area contributed by atoms with Gasteiger partial charge in [-0.05, 0) is 61.3 Å². The molecule has 2 aromatic rings. The van der Waals surface area contributed by atoms with Gasteiger partial charge in [-0.25, -0.2) is 0 Å². The third kappa shape index (κ3) is 4.45. The quantitative estimate of drug-likeness (QED) is 0.804. The van der Waals surface area contributed by atoms with Crippen molar-refractivity contribution in [3.8, 4) is 11.1 Å². The summed E-state index contributed by atoms with van der Waals surface area (Å²) in [7, 11) is 0. The first-order valence-corrected chi connectivity index (χ1v) is 10.2. The van der Waals surface area contributed by atoms with Crippen LogP contribution < -0.4 is 4.90 Å². The highest BCUT2D eigenvalue weighted by molar-refractivity contribution is 6.30. The highest BCUT2D eigenvalue weighted by Crippen LogP contribution is 2.27. The van der Waals surface area contributed by atoms with Gasteiger partial charge in [0.25, 0.3) is 0 Å². The van der Waals surface area contributed by atoms with Crippen molar-refractivity contribution in [1.29, 1.82) is 0 Å². The minimum absolute atomic E-state index is 0.282. The molecule has 0 bridgehead atoms. The number of carbonyl (C=O) groups excluding carboxylic acids is 1. The van der Waals surface area contributed by atoms with E-state index in [2.05, 4.69) is 40.1 Å². The summed E-state index contributed by atoms with van der Waals surface area (Å²) in [5.41, 5.74) is 3.51. The predicted octanol–water partition coefficient (Wildman–Crippen LogP) is 3.75.